The van der Waals surface area contributed by atoms with Gasteiger partial charge in [-0.1, -0.05) is 48.5 Å². The second-order valence-electron chi connectivity index (χ2n) is 10.6. The highest BCUT2D eigenvalue weighted by Crippen LogP contribution is 2.43. The number of fused-ring (bicyclic) bond motifs is 1. The van der Waals surface area contributed by atoms with Crippen LogP contribution in [0.25, 0.3) is 11.4 Å². The molecule has 1 unspecified atom stereocenters. The number of likely N-dealkylation sites (tertiary alicyclic amines) is 1. The highest BCUT2D eigenvalue weighted by atomic mass is 16.5. The van der Waals surface area contributed by atoms with Crippen LogP contribution in [0.1, 0.15) is 46.6 Å². The third-order valence-corrected chi connectivity index (χ3v) is 7.74. The summed E-state index contributed by atoms with van der Waals surface area (Å²) in [5.74, 6) is -0.847. The van der Waals surface area contributed by atoms with Crippen molar-refractivity contribution in [3.63, 3.8) is 0 Å². The van der Waals surface area contributed by atoms with Crippen molar-refractivity contribution in [2.75, 3.05) is 6.61 Å². The highest BCUT2D eigenvalue weighted by Gasteiger charge is 2.47. The molecule has 1 aliphatic rings. The molecule has 44 heavy (non-hydrogen) atoms. The van der Waals surface area contributed by atoms with Crippen LogP contribution in [0, 0.1) is 13.8 Å². The molecule has 9 heteroatoms. The monoisotopic (exact) mass is 588 g/mol. The molecule has 1 fully saturated rings. The summed E-state index contributed by atoms with van der Waals surface area (Å²) in [4.78, 5) is 37.7. The summed E-state index contributed by atoms with van der Waals surface area (Å²) in [5.41, 5.74) is 4.76. The molecular formula is C35H32N4O5. The van der Waals surface area contributed by atoms with E-state index in [0.717, 1.165) is 16.7 Å². The van der Waals surface area contributed by atoms with E-state index in [0.29, 0.717) is 41.6 Å². The molecule has 0 aliphatic carbocycles. The first-order valence-electron chi connectivity index (χ1n) is 14.4. The molecule has 3 aromatic heterocycles. The van der Waals surface area contributed by atoms with Crippen molar-refractivity contribution in [2.45, 2.75) is 40.0 Å². The van der Waals surface area contributed by atoms with Crippen LogP contribution in [0.3, 0.4) is 0 Å². The lowest BCUT2D eigenvalue weighted by molar-refractivity contribution is -0.140. The molecule has 4 heterocycles. The van der Waals surface area contributed by atoms with Crippen LogP contribution in [-0.4, -0.2) is 42.7 Å². The third kappa shape index (κ3) is 5.28. The molecule has 6 rings (SSSR count). The predicted molar refractivity (Wildman–Crippen MR) is 165 cm³/mol. The first-order chi connectivity index (χ1) is 21.4. The van der Waals surface area contributed by atoms with Gasteiger partial charge in [0, 0.05) is 25.1 Å². The number of imidazole rings is 1. The molecule has 9 nitrogen and oxygen atoms in total. The summed E-state index contributed by atoms with van der Waals surface area (Å²) in [7, 11) is 0. The van der Waals surface area contributed by atoms with Gasteiger partial charge >= 0.3 is 0 Å². The average molecular weight is 589 g/mol. The number of aromatic nitrogens is 3. The Kier molecular flexibility index (Phi) is 7.85. The zero-order valence-electron chi connectivity index (χ0n) is 24.7. The van der Waals surface area contributed by atoms with Crippen LogP contribution < -0.4 is 9.47 Å². The Morgan fingerprint density at radius 3 is 2.45 bits per heavy atom. The van der Waals surface area contributed by atoms with Gasteiger partial charge in [0.05, 0.1) is 23.9 Å². The summed E-state index contributed by atoms with van der Waals surface area (Å²) < 4.78 is 13.9. The van der Waals surface area contributed by atoms with Crippen molar-refractivity contribution in [2.24, 2.45) is 0 Å². The summed E-state index contributed by atoms with van der Waals surface area (Å²) in [6.45, 7) is 6.44. The lowest BCUT2D eigenvalue weighted by Crippen LogP contribution is -2.29. The van der Waals surface area contributed by atoms with Crippen LogP contribution in [-0.2, 0) is 22.7 Å². The molecule has 1 atom stereocenters. The van der Waals surface area contributed by atoms with Gasteiger partial charge in [-0.2, -0.15) is 0 Å². The number of ether oxygens (including phenoxy) is 2. The number of ketones is 1. The maximum absolute atomic E-state index is 13.7. The number of rotatable bonds is 9. The molecule has 0 spiro atoms. The summed E-state index contributed by atoms with van der Waals surface area (Å²) in [6, 6.07) is 21.6. The van der Waals surface area contributed by atoms with Gasteiger partial charge in [0.15, 0.2) is 17.3 Å². The number of amides is 1. The van der Waals surface area contributed by atoms with Gasteiger partial charge in [-0.15, -0.1) is 0 Å². The molecule has 5 aromatic rings. The van der Waals surface area contributed by atoms with E-state index in [1.54, 1.807) is 36.7 Å². The standard InChI is InChI=1S/C35H32N4O5/c1-4-43-28-18-26(14-15-27(28)44-21-24-11-6-5-7-12-24)31-29(33(41)35(42)39(31)20-25-13-8-16-36-19-25)32(40)30-23(3)38-17-9-10-22(2)34(38)37-30/h5-19,31,40H,4,20-21H2,1-3H3. The minimum absolute atomic E-state index is 0.0385. The maximum Gasteiger partial charge on any atom is 0.295 e. The van der Waals surface area contributed by atoms with Gasteiger partial charge < -0.3 is 23.9 Å². The van der Waals surface area contributed by atoms with E-state index >= 15 is 0 Å². The normalized spacial score (nSPS) is 16.1. The molecule has 1 saturated heterocycles. The van der Waals surface area contributed by atoms with Gasteiger partial charge in [-0.05, 0) is 67.3 Å². The topological polar surface area (TPSA) is 106 Å². The van der Waals surface area contributed by atoms with Gasteiger partial charge in [-0.3, -0.25) is 14.6 Å². The van der Waals surface area contributed by atoms with Gasteiger partial charge in [-0.25, -0.2) is 4.98 Å². The average Bonchev–Trinajstić information content (AvgIpc) is 3.51. The van der Waals surface area contributed by atoms with Crippen molar-refractivity contribution < 1.29 is 24.2 Å². The summed E-state index contributed by atoms with van der Waals surface area (Å²) >= 11 is 0. The number of pyridine rings is 2. The summed E-state index contributed by atoms with van der Waals surface area (Å²) in [6.07, 6.45) is 5.14. The number of Topliss-reactive ketones (excluding diaryl/α,β-unsaturated/α-hetero) is 1. The van der Waals surface area contributed by atoms with Gasteiger partial charge in [0.1, 0.15) is 17.9 Å². The Balaban J connectivity index is 1.47. The number of nitrogens with zero attached hydrogens (tertiary/aromatic N) is 4. The number of aliphatic hydroxyl groups excluding tert-OH is 1. The molecule has 0 bridgehead atoms. The number of benzene rings is 2. The third-order valence-electron chi connectivity index (χ3n) is 7.74. The zero-order chi connectivity index (χ0) is 30.8. The molecule has 0 radical (unpaired) electrons. The lowest BCUT2D eigenvalue weighted by Gasteiger charge is -2.26. The van der Waals surface area contributed by atoms with Gasteiger partial charge in [0.25, 0.3) is 11.7 Å². The number of carbonyl (C=O) groups excluding carboxylic acids is 2. The van der Waals surface area contributed by atoms with E-state index in [9.17, 15) is 14.7 Å². The van der Waals surface area contributed by atoms with Crippen molar-refractivity contribution >= 4 is 23.1 Å². The minimum atomic E-state index is -0.914. The second-order valence-corrected chi connectivity index (χ2v) is 10.6. The smallest absolute Gasteiger partial charge is 0.295 e. The Morgan fingerprint density at radius 1 is 0.932 bits per heavy atom. The summed E-state index contributed by atoms with van der Waals surface area (Å²) in [5, 5.41) is 11.8. The van der Waals surface area contributed by atoms with E-state index in [4.69, 9.17) is 9.47 Å². The van der Waals surface area contributed by atoms with E-state index < -0.39 is 17.7 Å². The largest absolute Gasteiger partial charge is 0.505 e. The van der Waals surface area contributed by atoms with Crippen LogP contribution in [0.4, 0.5) is 0 Å². The number of aliphatic hydroxyl groups is 1. The zero-order valence-corrected chi connectivity index (χ0v) is 24.7. The van der Waals surface area contributed by atoms with Crippen LogP contribution in [0.15, 0.2) is 97.0 Å². The molecule has 222 valence electrons. The van der Waals surface area contributed by atoms with Crippen molar-refractivity contribution in [1.29, 1.82) is 0 Å². The molecule has 1 aliphatic heterocycles. The van der Waals surface area contributed by atoms with E-state index in [-0.39, 0.29) is 23.6 Å². The predicted octanol–water partition coefficient (Wildman–Crippen LogP) is 5.95. The Bertz CT molecular complexity index is 1880. The van der Waals surface area contributed by atoms with Crippen molar-refractivity contribution in [1.82, 2.24) is 19.3 Å². The Morgan fingerprint density at radius 2 is 1.73 bits per heavy atom. The Hall–Kier alpha value is -5.44. The fourth-order valence-corrected chi connectivity index (χ4v) is 5.57. The van der Waals surface area contributed by atoms with Crippen LogP contribution >= 0.6 is 0 Å². The number of aryl methyl sites for hydroxylation is 2. The maximum atomic E-state index is 13.7. The first kappa shape index (κ1) is 28.7. The number of hydrogen-bond acceptors (Lipinski definition) is 7. The fourth-order valence-electron chi connectivity index (χ4n) is 5.57. The lowest BCUT2D eigenvalue weighted by atomic mass is 9.95. The van der Waals surface area contributed by atoms with Crippen molar-refractivity contribution in [3.05, 3.63) is 131 Å². The minimum Gasteiger partial charge on any atom is -0.505 e. The van der Waals surface area contributed by atoms with E-state index in [2.05, 4.69) is 9.97 Å². The molecule has 2 aromatic carbocycles. The quantitative estimate of drug-likeness (QED) is 0.129. The SMILES string of the molecule is CCOc1cc(C2C(=C(O)c3nc4c(C)cccn4c3C)C(=O)C(=O)N2Cc2cccnc2)ccc1OCc1ccccc1. The Labute approximate surface area is 255 Å². The second kappa shape index (κ2) is 12.0. The van der Waals surface area contributed by atoms with Gasteiger partial charge in [0.2, 0.25) is 0 Å². The molecular weight excluding hydrogens is 556 g/mol. The molecule has 0 saturated carbocycles. The fraction of sp³-hybridized carbons (Fsp3) is 0.200. The van der Waals surface area contributed by atoms with Crippen molar-refractivity contribution in [3.8, 4) is 11.5 Å². The molecule has 1 N–H and O–H groups in total. The van der Waals surface area contributed by atoms with E-state index in [1.807, 2.05) is 79.9 Å². The van der Waals surface area contributed by atoms with Crippen LogP contribution in [0.2, 0.25) is 0 Å². The molecule has 1 amide bonds. The highest BCUT2D eigenvalue weighted by molar-refractivity contribution is 6.46. The van der Waals surface area contributed by atoms with Crippen LogP contribution in [0.5, 0.6) is 11.5 Å². The first-order valence-corrected chi connectivity index (χ1v) is 14.4. The number of carbonyl (C=O) groups is 2. The van der Waals surface area contributed by atoms with E-state index in [1.165, 1.54) is 4.90 Å². The number of hydrogen-bond donors (Lipinski definition) is 1.